The molecule has 0 bridgehead atoms. The summed E-state index contributed by atoms with van der Waals surface area (Å²) in [5, 5.41) is 13.3. The molecule has 0 saturated heterocycles. The third-order valence-corrected chi connectivity index (χ3v) is 7.72. The van der Waals surface area contributed by atoms with Crippen LogP contribution in [-0.4, -0.2) is 76.0 Å². The van der Waals surface area contributed by atoms with Gasteiger partial charge in [0.25, 0.3) is 5.91 Å². The number of ketones is 1. The lowest BCUT2D eigenvalue weighted by atomic mass is 9.95. The van der Waals surface area contributed by atoms with Crippen molar-refractivity contribution in [2.24, 2.45) is 11.7 Å². The highest BCUT2D eigenvalue weighted by molar-refractivity contribution is 6.04. The van der Waals surface area contributed by atoms with Gasteiger partial charge in [-0.3, -0.25) is 9.59 Å². The smallest absolute Gasteiger partial charge is 0.334 e. The number of fused-ring (bicyclic) bond motifs is 1. The number of carbonyl (C=O) groups excluding carboxylic acids is 3. The van der Waals surface area contributed by atoms with Crippen molar-refractivity contribution >= 4 is 23.2 Å². The SMILES string of the molecule is COc1ccc(C2=CC(=O)COc3c2cc(OC)c(OC)c3OC)cc1OC(=O)C(CC(C)C)NC(=O)C(O)C(N)Cc1ccccc1. The van der Waals surface area contributed by atoms with Crippen LogP contribution in [0, 0.1) is 5.92 Å². The number of nitrogens with two attached hydrogens (primary N) is 1. The van der Waals surface area contributed by atoms with Crippen molar-refractivity contribution in [2.45, 2.75) is 44.9 Å². The number of rotatable bonds is 14. The Morgan fingerprint density at radius 2 is 1.60 bits per heavy atom. The Morgan fingerprint density at radius 3 is 2.23 bits per heavy atom. The number of methoxy groups -OCH3 is 4. The number of carbonyl (C=O) groups is 3. The Labute approximate surface area is 279 Å². The fraction of sp³-hybridized carbons (Fsp3) is 0.361. The van der Waals surface area contributed by atoms with Crippen LogP contribution < -0.4 is 39.5 Å². The number of amides is 1. The molecule has 256 valence electrons. The van der Waals surface area contributed by atoms with E-state index >= 15 is 0 Å². The zero-order valence-electron chi connectivity index (χ0n) is 27.9. The van der Waals surface area contributed by atoms with Gasteiger partial charge in [-0.15, -0.1) is 0 Å². The zero-order valence-corrected chi connectivity index (χ0v) is 27.9. The van der Waals surface area contributed by atoms with Crippen LogP contribution in [0.2, 0.25) is 0 Å². The molecule has 3 atom stereocenters. The molecule has 3 aromatic carbocycles. The van der Waals surface area contributed by atoms with E-state index in [0.29, 0.717) is 28.2 Å². The van der Waals surface area contributed by atoms with Gasteiger partial charge in [0, 0.05) is 11.6 Å². The van der Waals surface area contributed by atoms with E-state index in [1.54, 1.807) is 24.3 Å². The van der Waals surface area contributed by atoms with Crippen molar-refractivity contribution < 1.29 is 47.9 Å². The molecular weight excluding hydrogens is 620 g/mol. The molecule has 3 aromatic rings. The molecule has 12 nitrogen and oxygen atoms in total. The zero-order chi connectivity index (χ0) is 35.0. The maximum atomic E-state index is 13.6. The number of nitrogens with one attached hydrogen (secondary N) is 1. The first-order valence-corrected chi connectivity index (χ1v) is 15.4. The lowest BCUT2D eigenvalue weighted by molar-refractivity contribution is -0.142. The fourth-order valence-electron chi connectivity index (χ4n) is 5.37. The van der Waals surface area contributed by atoms with Gasteiger partial charge in [0.1, 0.15) is 12.1 Å². The number of hydrogen-bond donors (Lipinski definition) is 3. The summed E-state index contributed by atoms with van der Waals surface area (Å²) in [4.78, 5) is 39.6. The van der Waals surface area contributed by atoms with Gasteiger partial charge in [-0.1, -0.05) is 50.2 Å². The second-order valence-electron chi connectivity index (χ2n) is 11.6. The van der Waals surface area contributed by atoms with Crippen molar-refractivity contribution in [3.05, 3.63) is 77.4 Å². The number of aliphatic hydroxyl groups excluding tert-OH is 1. The Bertz CT molecular complexity index is 1650. The predicted molar refractivity (Wildman–Crippen MR) is 178 cm³/mol. The number of benzene rings is 3. The fourth-order valence-corrected chi connectivity index (χ4v) is 5.37. The Hall–Kier alpha value is -5.07. The van der Waals surface area contributed by atoms with Gasteiger partial charge in [0.15, 0.2) is 35.4 Å². The molecule has 0 saturated carbocycles. The second kappa shape index (κ2) is 16.2. The standard InChI is InChI=1S/C36H42N2O10/c1-20(2)14-27(38-35(41)31(40)26(37)15-21-10-8-7-9-11-21)36(42)48-29-16-22(12-13-28(29)43-3)24-17-23(39)19-47-32-25(24)18-30(44-4)33(45-5)34(32)46-6/h7-13,16-18,20,26-27,31,40H,14-15,19,37H2,1-6H3,(H,38,41). The van der Waals surface area contributed by atoms with Crippen molar-refractivity contribution in [1.82, 2.24) is 5.32 Å². The molecular formula is C36H42N2O10. The van der Waals surface area contributed by atoms with Gasteiger partial charge in [0.05, 0.1) is 28.4 Å². The Kier molecular flexibility index (Phi) is 12.0. The van der Waals surface area contributed by atoms with Gasteiger partial charge in [-0.05, 0) is 59.7 Å². The van der Waals surface area contributed by atoms with Crippen LogP contribution in [0.15, 0.2) is 60.7 Å². The molecule has 1 aliphatic rings. The quantitative estimate of drug-likeness (QED) is 0.171. The molecule has 0 radical (unpaired) electrons. The molecule has 0 fully saturated rings. The van der Waals surface area contributed by atoms with E-state index in [9.17, 15) is 19.5 Å². The molecule has 4 N–H and O–H groups in total. The van der Waals surface area contributed by atoms with E-state index in [2.05, 4.69) is 5.32 Å². The lowest BCUT2D eigenvalue weighted by Crippen LogP contribution is -2.53. The van der Waals surface area contributed by atoms with Gasteiger partial charge in [-0.25, -0.2) is 4.79 Å². The van der Waals surface area contributed by atoms with Gasteiger partial charge >= 0.3 is 5.97 Å². The number of hydrogen-bond acceptors (Lipinski definition) is 11. The monoisotopic (exact) mass is 662 g/mol. The molecule has 48 heavy (non-hydrogen) atoms. The Morgan fingerprint density at radius 1 is 0.917 bits per heavy atom. The minimum atomic E-state index is -1.57. The second-order valence-corrected chi connectivity index (χ2v) is 11.6. The number of esters is 1. The van der Waals surface area contributed by atoms with Crippen LogP contribution in [0.1, 0.15) is 37.0 Å². The molecule has 0 aromatic heterocycles. The van der Waals surface area contributed by atoms with E-state index in [1.165, 1.54) is 34.5 Å². The Balaban J connectivity index is 1.64. The minimum Gasteiger partial charge on any atom is -0.493 e. The van der Waals surface area contributed by atoms with E-state index < -0.39 is 30.1 Å². The lowest BCUT2D eigenvalue weighted by Gasteiger charge is -2.24. The summed E-state index contributed by atoms with van der Waals surface area (Å²) in [6, 6.07) is 13.7. The summed E-state index contributed by atoms with van der Waals surface area (Å²) in [6.07, 6.45) is 0.335. The van der Waals surface area contributed by atoms with Crippen LogP contribution in [0.5, 0.6) is 34.5 Å². The van der Waals surface area contributed by atoms with Crippen molar-refractivity contribution in [1.29, 1.82) is 0 Å². The van der Waals surface area contributed by atoms with Crippen LogP contribution in [-0.2, 0) is 20.8 Å². The van der Waals surface area contributed by atoms with Crippen LogP contribution in [0.3, 0.4) is 0 Å². The van der Waals surface area contributed by atoms with E-state index in [1.807, 2.05) is 44.2 Å². The van der Waals surface area contributed by atoms with Crippen molar-refractivity contribution in [2.75, 3.05) is 35.0 Å². The van der Waals surface area contributed by atoms with Gasteiger partial charge < -0.3 is 44.6 Å². The number of ether oxygens (including phenoxy) is 6. The molecule has 1 heterocycles. The molecule has 4 rings (SSSR count). The van der Waals surface area contributed by atoms with E-state index in [4.69, 9.17) is 34.2 Å². The summed E-state index contributed by atoms with van der Waals surface area (Å²) in [5.74, 6) is -0.499. The van der Waals surface area contributed by atoms with Crippen molar-refractivity contribution in [3.63, 3.8) is 0 Å². The third kappa shape index (κ3) is 8.25. The normalized spacial score (nSPS) is 14.4. The predicted octanol–water partition coefficient (Wildman–Crippen LogP) is 3.48. The number of aliphatic hydroxyl groups is 1. The van der Waals surface area contributed by atoms with Crippen molar-refractivity contribution in [3.8, 4) is 34.5 Å². The maximum absolute atomic E-state index is 13.6. The molecule has 0 spiro atoms. The van der Waals surface area contributed by atoms with Gasteiger partial charge in [0.2, 0.25) is 11.5 Å². The summed E-state index contributed by atoms with van der Waals surface area (Å²) < 4.78 is 33.8. The minimum absolute atomic E-state index is 0.0215. The highest BCUT2D eigenvalue weighted by Gasteiger charge is 2.31. The average Bonchev–Trinajstić information content (AvgIpc) is 3.24. The summed E-state index contributed by atoms with van der Waals surface area (Å²) in [6.45, 7) is 3.52. The first-order chi connectivity index (χ1) is 23.0. The van der Waals surface area contributed by atoms with Crippen LogP contribution in [0.25, 0.3) is 5.57 Å². The van der Waals surface area contributed by atoms with Crippen LogP contribution in [0.4, 0.5) is 0 Å². The highest BCUT2D eigenvalue weighted by atomic mass is 16.6. The molecule has 1 aliphatic heterocycles. The summed E-state index contributed by atoms with van der Waals surface area (Å²) in [5.41, 5.74) is 8.41. The summed E-state index contributed by atoms with van der Waals surface area (Å²) in [7, 11) is 5.81. The molecule has 3 unspecified atom stereocenters. The summed E-state index contributed by atoms with van der Waals surface area (Å²) >= 11 is 0. The molecule has 0 aliphatic carbocycles. The maximum Gasteiger partial charge on any atom is 0.334 e. The highest BCUT2D eigenvalue weighted by Crippen LogP contribution is 2.50. The first-order valence-electron chi connectivity index (χ1n) is 15.4. The molecule has 1 amide bonds. The molecule has 12 heteroatoms. The average molecular weight is 663 g/mol. The largest absolute Gasteiger partial charge is 0.493 e. The third-order valence-electron chi connectivity index (χ3n) is 7.72. The van der Waals surface area contributed by atoms with E-state index in [-0.39, 0.29) is 54.1 Å². The van der Waals surface area contributed by atoms with Gasteiger partial charge in [-0.2, -0.15) is 0 Å². The topological polar surface area (TPSA) is 165 Å². The van der Waals surface area contributed by atoms with Crippen LogP contribution >= 0.6 is 0 Å². The van der Waals surface area contributed by atoms with E-state index in [0.717, 1.165) is 5.56 Å². The first kappa shape index (κ1) is 35.8.